The molecule has 2 rings (SSSR count). The molecule has 0 radical (unpaired) electrons. The van der Waals surface area contributed by atoms with Crippen LogP contribution < -0.4 is 4.72 Å². The van der Waals surface area contributed by atoms with Gasteiger partial charge in [-0.15, -0.1) is 11.6 Å². The van der Waals surface area contributed by atoms with Crippen LogP contribution in [0, 0.1) is 0 Å². The summed E-state index contributed by atoms with van der Waals surface area (Å²) in [5.41, 5.74) is 1.41. The van der Waals surface area contributed by atoms with Crippen LogP contribution in [0.3, 0.4) is 0 Å². The van der Waals surface area contributed by atoms with Crippen molar-refractivity contribution in [1.82, 2.24) is 9.78 Å². The van der Waals surface area contributed by atoms with E-state index in [1.165, 1.54) is 0 Å². The van der Waals surface area contributed by atoms with Gasteiger partial charge in [0.05, 0.1) is 18.0 Å². The smallest absolute Gasteiger partial charge is 0.233 e. The number of aromatic nitrogens is 2. The molecule has 102 valence electrons. The molecule has 0 saturated carbocycles. The Labute approximate surface area is 117 Å². The van der Waals surface area contributed by atoms with Crippen LogP contribution in [0.2, 0.25) is 0 Å². The van der Waals surface area contributed by atoms with Gasteiger partial charge in [-0.1, -0.05) is 18.2 Å². The van der Waals surface area contributed by atoms with Gasteiger partial charge >= 0.3 is 0 Å². The zero-order valence-electron chi connectivity index (χ0n) is 10.2. The summed E-state index contributed by atoms with van der Waals surface area (Å²) in [7, 11) is -3.40. The van der Waals surface area contributed by atoms with Gasteiger partial charge in [0.1, 0.15) is 0 Å². The number of hydrogen-bond donors (Lipinski definition) is 1. The minimum atomic E-state index is -3.40. The largest absolute Gasteiger partial charge is 0.283 e. The molecule has 0 aliphatic rings. The highest BCUT2D eigenvalue weighted by Crippen LogP contribution is 2.17. The van der Waals surface area contributed by atoms with Crippen LogP contribution in [0.1, 0.15) is 5.56 Å². The summed E-state index contributed by atoms with van der Waals surface area (Å²) in [5, 5.41) is 4.10. The van der Waals surface area contributed by atoms with Gasteiger partial charge in [0.2, 0.25) is 10.0 Å². The van der Waals surface area contributed by atoms with Gasteiger partial charge in [-0.05, 0) is 17.7 Å². The molecule has 7 heteroatoms. The van der Waals surface area contributed by atoms with E-state index >= 15 is 0 Å². The first-order chi connectivity index (χ1) is 9.11. The maximum Gasteiger partial charge on any atom is 0.233 e. The molecule has 0 aliphatic carbocycles. The molecule has 0 aliphatic heterocycles. The molecule has 1 aromatic carbocycles. The van der Waals surface area contributed by atoms with Crippen LogP contribution in [0.25, 0.3) is 0 Å². The van der Waals surface area contributed by atoms with Gasteiger partial charge in [0, 0.05) is 18.3 Å². The normalized spacial score (nSPS) is 11.4. The fraction of sp³-hybridized carbons (Fsp3) is 0.250. The zero-order valence-corrected chi connectivity index (χ0v) is 11.7. The number of benzene rings is 1. The molecule has 1 heterocycles. The highest BCUT2D eigenvalue weighted by atomic mass is 35.5. The van der Waals surface area contributed by atoms with Crippen molar-refractivity contribution in [3.05, 3.63) is 48.3 Å². The van der Waals surface area contributed by atoms with Crippen molar-refractivity contribution >= 4 is 27.3 Å². The lowest BCUT2D eigenvalue weighted by Crippen LogP contribution is -2.19. The molecular weight excluding hydrogens is 286 g/mol. The predicted octanol–water partition coefficient (Wildman–Crippen LogP) is 1.91. The molecule has 0 atom stereocenters. The monoisotopic (exact) mass is 299 g/mol. The first-order valence-corrected chi connectivity index (χ1v) is 7.91. The first-order valence-electron chi connectivity index (χ1n) is 5.72. The van der Waals surface area contributed by atoms with Crippen LogP contribution in [-0.4, -0.2) is 29.8 Å². The topological polar surface area (TPSA) is 64.0 Å². The van der Waals surface area contributed by atoms with Crippen molar-refractivity contribution in [3.63, 3.8) is 0 Å². The van der Waals surface area contributed by atoms with E-state index in [1.807, 2.05) is 24.4 Å². The third kappa shape index (κ3) is 3.97. The van der Waals surface area contributed by atoms with E-state index in [0.29, 0.717) is 12.2 Å². The van der Waals surface area contributed by atoms with Crippen LogP contribution in [0.5, 0.6) is 0 Å². The quantitative estimate of drug-likeness (QED) is 0.829. The minimum Gasteiger partial charge on any atom is -0.283 e. The van der Waals surface area contributed by atoms with E-state index in [1.54, 1.807) is 23.0 Å². The standard InChI is InChI=1S/C12H14ClN3O2S/c13-6-9-19(17,18)15-12-5-2-1-4-11(12)10-16-8-3-7-14-16/h1-5,7-8,15H,6,9-10H2. The second-order valence-corrected chi connectivity index (χ2v) is 6.19. The number of hydrogen-bond acceptors (Lipinski definition) is 3. The van der Waals surface area contributed by atoms with E-state index < -0.39 is 10.0 Å². The Hall–Kier alpha value is -1.53. The fourth-order valence-electron chi connectivity index (χ4n) is 1.65. The van der Waals surface area contributed by atoms with Crippen molar-refractivity contribution in [2.24, 2.45) is 0 Å². The minimum absolute atomic E-state index is 0.0661. The average Bonchev–Trinajstić information content (AvgIpc) is 2.84. The molecule has 1 N–H and O–H groups in total. The van der Waals surface area contributed by atoms with E-state index in [9.17, 15) is 8.42 Å². The average molecular weight is 300 g/mol. The summed E-state index contributed by atoms with van der Waals surface area (Å²) in [6, 6.07) is 9.05. The summed E-state index contributed by atoms with van der Waals surface area (Å²) < 4.78 is 27.8. The molecule has 0 fully saturated rings. The second-order valence-electron chi connectivity index (χ2n) is 3.97. The molecule has 0 spiro atoms. The lowest BCUT2D eigenvalue weighted by molar-refractivity contribution is 0.602. The first kappa shape index (κ1) is 13.9. The summed E-state index contributed by atoms with van der Waals surface area (Å²) >= 11 is 5.47. The molecule has 0 saturated heterocycles. The van der Waals surface area contributed by atoms with E-state index in [0.717, 1.165) is 5.56 Å². The SMILES string of the molecule is O=S(=O)(CCCl)Nc1ccccc1Cn1cccn1. The Balaban J connectivity index is 2.21. The third-order valence-corrected chi connectivity index (χ3v) is 4.21. The van der Waals surface area contributed by atoms with Crippen LogP contribution in [-0.2, 0) is 16.6 Å². The molecular formula is C12H14ClN3O2S. The molecule has 2 aromatic rings. The molecule has 0 amide bonds. The lowest BCUT2D eigenvalue weighted by Gasteiger charge is -2.12. The Kier molecular flexibility index (Phi) is 4.44. The summed E-state index contributed by atoms with van der Waals surface area (Å²) in [5.74, 6) is -0.0404. The summed E-state index contributed by atoms with van der Waals surface area (Å²) in [6.07, 6.45) is 3.50. The van der Waals surface area contributed by atoms with Gasteiger partial charge in [-0.3, -0.25) is 9.40 Å². The maximum atomic E-state index is 11.7. The summed E-state index contributed by atoms with van der Waals surface area (Å²) in [4.78, 5) is 0. The Morgan fingerprint density at radius 3 is 2.74 bits per heavy atom. The number of nitrogens with one attached hydrogen (secondary N) is 1. The molecule has 5 nitrogen and oxygen atoms in total. The van der Waals surface area contributed by atoms with E-state index in [-0.39, 0.29) is 11.6 Å². The number of sulfonamides is 1. The summed E-state index contributed by atoms with van der Waals surface area (Å²) in [6.45, 7) is 0.507. The number of halogens is 1. The second kappa shape index (κ2) is 6.08. The van der Waals surface area contributed by atoms with Crippen molar-refractivity contribution in [2.75, 3.05) is 16.4 Å². The van der Waals surface area contributed by atoms with Crippen molar-refractivity contribution in [3.8, 4) is 0 Å². The molecule has 0 unspecified atom stereocenters. The number of anilines is 1. The Morgan fingerprint density at radius 2 is 2.05 bits per heavy atom. The molecule has 1 aromatic heterocycles. The van der Waals surface area contributed by atoms with E-state index in [2.05, 4.69) is 9.82 Å². The van der Waals surface area contributed by atoms with Crippen LogP contribution in [0.15, 0.2) is 42.7 Å². The number of rotatable bonds is 6. The van der Waals surface area contributed by atoms with Gasteiger partial charge in [-0.2, -0.15) is 5.10 Å². The van der Waals surface area contributed by atoms with Crippen molar-refractivity contribution < 1.29 is 8.42 Å². The van der Waals surface area contributed by atoms with Crippen molar-refractivity contribution in [2.45, 2.75) is 6.54 Å². The third-order valence-electron chi connectivity index (χ3n) is 2.52. The molecule has 19 heavy (non-hydrogen) atoms. The van der Waals surface area contributed by atoms with Gasteiger partial charge < -0.3 is 0 Å². The van der Waals surface area contributed by atoms with Gasteiger partial charge in [0.15, 0.2) is 0 Å². The van der Waals surface area contributed by atoms with E-state index in [4.69, 9.17) is 11.6 Å². The highest BCUT2D eigenvalue weighted by molar-refractivity contribution is 7.92. The van der Waals surface area contributed by atoms with Crippen molar-refractivity contribution in [1.29, 1.82) is 0 Å². The van der Waals surface area contributed by atoms with Gasteiger partial charge in [0.25, 0.3) is 0 Å². The molecule has 0 bridgehead atoms. The highest BCUT2D eigenvalue weighted by Gasteiger charge is 2.12. The Bertz CT molecular complexity index is 626. The van der Waals surface area contributed by atoms with Crippen LogP contribution >= 0.6 is 11.6 Å². The number of nitrogens with zero attached hydrogens (tertiary/aromatic N) is 2. The van der Waals surface area contributed by atoms with Crippen LogP contribution in [0.4, 0.5) is 5.69 Å². The zero-order chi connectivity index (χ0) is 13.7. The number of alkyl halides is 1. The fourth-order valence-corrected chi connectivity index (χ4v) is 3.10. The maximum absolute atomic E-state index is 11.7. The predicted molar refractivity (Wildman–Crippen MR) is 75.9 cm³/mol. The number of para-hydroxylation sites is 1. The van der Waals surface area contributed by atoms with Gasteiger partial charge in [-0.25, -0.2) is 8.42 Å². The lowest BCUT2D eigenvalue weighted by atomic mass is 10.2. The Morgan fingerprint density at radius 1 is 1.26 bits per heavy atom.